The molecule has 0 spiro atoms. The van der Waals surface area contributed by atoms with E-state index in [2.05, 4.69) is 36.5 Å². The zero-order valence-corrected chi connectivity index (χ0v) is 12.2. The van der Waals surface area contributed by atoms with E-state index >= 15 is 0 Å². The molecule has 98 valence electrons. The highest BCUT2D eigenvalue weighted by atomic mass is 79.9. The number of rotatable bonds is 3. The average molecular weight is 321 g/mol. The van der Waals surface area contributed by atoms with E-state index in [9.17, 15) is 4.79 Å². The fraction of sp³-hybridized carbons (Fsp3) is 0.154. The molecule has 2 heterocycles. The summed E-state index contributed by atoms with van der Waals surface area (Å²) >= 11 is 3.31. The van der Waals surface area contributed by atoms with Crippen molar-refractivity contribution in [2.45, 2.75) is 6.92 Å². The third-order valence-electron chi connectivity index (χ3n) is 2.47. The van der Waals surface area contributed by atoms with Gasteiger partial charge in [0.15, 0.2) is 0 Å². The minimum Gasteiger partial charge on any atom is -0.372 e. The van der Waals surface area contributed by atoms with Crippen LogP contribution >= 0.6 is 15.9 Å². The predicted molar refractivity (Wildman–Crippen MR) is 78.4 cm³/mol. The fourth-order valence-corrected chi connectivity index (χ4v) is 1.96. The molecule has 6 heteroatoms. The molecule has 0 atom stereocenters. The molecule has 0 bridgehead atoms. The Morgan fingerprint density at radius 1 is 1.26 bits per heavy atom. The van der Waals surface area contributed by atoms with Crippen molar-refractivity contribution in [1.29, 1.82) is 0 Å². The monoisotopic (exact) mass is 320 g/mol. The van der Waals surface area contributed by atoms with Crippen LogP contribution in [0.2, 0.25) is 0 Å². The van der Waals surface area contributed by atoms with Gasteiger partial charge in [-0.2, -0.15) is 0 Å². The molecule has 2 rings (SSSR count). The Bertz CT molecular complexity index is 615. The molecule has 2 N–H and O–H groups in total. The second-order valence-corrected chi connectivity index (χ2v) is 4.92. The van der Waals surface area contributed by atoms with Gasteiger partial charge in [0.2, 0.25) is 0 Å². The maximum absolute atomic E-state index is 12.2. The topological polar surface area (TPSA) is 66.9 Å². The number of carbonyl (C=O) groups is 1. The van der Waals surface area contributed by atoms with E-state index in [1.54, 1.807) is 31.7 Å². The van der Waals surface area contributed by atoms with E-state index in [4.69, 9.17) is 0 Å². The van der Waals surface area contributed by atoms with Gasteiger partial charge in [-0.05, 0) is 40.5 Å². The maximum Gasteiger partial charge on any atom is 0.259 e. The Morgan fingerprint density at radius 2 is 2.05 bits per heavy atom. The Kier molecular flexibility index (Phi) is 4.11. The highest BCUT2D eigenvalue weighted by molar-refractivity contribution is 9.10. The van der Waals surface area contributed by atoms with E-state index in [1.165, 1.54) is 0 Å². The van der Waals surface area contributed by atoms with Crippen molar-refractivity contribution in [3.63, 3.8) is 0 Å². The second-order valence-electron chi connectivity index (χ2n) is 4.00. The van der Waals surface area contributed by atoms with Crippen molar-refractivity contribution >= 4 is 33.3 Å². The molecule has 5 nitrogen and oxygen atoms in total. The van der Waals surface area contributed by atoms with Crippen LogP contribution in [0.4, 0.5) is 11.5 Å². The summed E-state index contributed by atoms with van der Waals surface area (Å²) in [6.07, 6.45) is 4.97. The lowest BCUT2D eigenvalue weighted by molar-refractivity contribution is 0.102. The van der Waals surface area contributed by atoms with Gasteiger partial charge in [0.05, 0.1) is 17.4 Å². The van der Waals surface area contributed by atoms with Crippen molar-refractivity contribution in [1.82, 2.24) is 9.97 Å². The van der Waals surface area contributed by atoms with Crippen LogP contribution in [0.15, 0.2) is 35.2 Å². The van der Waals surface area contributed by atoms with Gasteiger partial charge in [0.25, 0.3) is 5.91 Å². The zero-order valence-electron chi connectivity index (χ0n) is 10.6. The van der Waals surface area contributed by atoms with E-state index in [1.807, 2.05) is 13.0 Å². The van der Waals surface area contributed by atoms with E-state index in [-0.39, 0.29) is 5.91 Å². The summed E-state index contributed by atoms with van der Waals surface area (Å²) in [5, 5.41) is 5.69. The molecule has 0 saturated heterocycles. The molecular formula is C13H13BrN4O. The molecule has 0 fully saturated rings. The first kappa shape index (κ1) is 13.5. The van der Waals surface area contributed by atoms with Crippen LogP contribution in [0.3, 0.4) is 0 Å². The number of carbonyl (C=O) groups excluding carboxylic acids is 1. The Hall–Kier alpha value is -1.95. The number of anilines is 2. The summed E-state index contributed by atoms with van der Waals surface area (Å²) in [7, 11) is 1.72. The van der Waals surface area contributed by atoms with Gasteiger partial charge < -0.3 is 10.6 Å². The van der Waals surface area contributed by atoms with E-state index in [0.717, 1.165) is 10.0 Å². The van der Waals surface area contributed by atoms with Crippen LogP contribution in [-0.2, 0) is 0 Å². The van der Waals surface area contributed by atoms with Crippen molar-refractivity contribution < 1.29 is 4.79 Å². The molecule has 1 amide bonds. The van der Waals surface area contributed by atoms with Crippen molar-refractivity contribution in [3.05, 3.63) is 46.3 Å². The molecule has 2 aromatic heterocycles. The number of amides is 1. The summed E-state index contributed by atoms with van der Waals surface area (Å²) in [4.78, 5) is 20.4. The highest BCUT2D eigenvalue weighted by Crippen LogP contribution is 2.19. The van der Waals surface area contributed by atoms with Gasteiger partial charge >= 0.3 is 0 Å². The number of aryl methyl sites for hydroxylation is 1. The molecule has 19 heavy (non-hydrogen) atoms. The Labute approximate surface area is 119 Å². The first-order chi connectivity index (χ1) is 9.10. The van der Waals surface area contributed by atoms with Crippen molar-refractivity contribution in [3.8, 4) is 0 Å². The van der Waals surface area contributed by atoms with Gasteiger partial charge in [-0.3, -0.25) is 9.78 Å². The lowest BCUT2D eigenvalue weighted by Crippen LogP contribution is -2.15. The van der Waals surface area contributed by atoms with E-state index < -0.39 is 0 Å². The number of halogens is 1. The summed E-state index contributed by atoms with van der Waals surface area (Å²) in [6, 6.07) is 3.58. The summed E-state index contributed by atoms with van der Waals surface area (Å²) in [6.45, 7) is 1.92. The third kappa shape index (κ3) is 3.29. The maximum atomic E-state index is 12.2. The molecule has 2 aromatic rings. The van der Waals surface area contributed by atoms with Gasteiger partial charge in [0, 0.05) is 23.9 Å². The van der Waals surface area contributed by atoms with Crippen molar-refractivity contribution in [2.24, 2.45) is 0 Å². The standard InChI is InChI=1S/C13H13BrN4O/c1-8-3-10(7-16-5-8)18-13(19)11-4-9(14)6-17-12(11)15-2/h3-7H,1-2H3,(H,15,17)(H,18,19). The van der Waals surface area contributed by atoms with E-state index in [0.29, 0.717) is 17.1 Å². The lowest BCUT2D eigenvalue weighted by atomic mass is 10.2. The smallest absolute Gasteiger partial charge is 0.259 e. The molecule has 0 aliphatic rings. The second kappa shape index (κ2) is 5.79. The average Bonchev–Trinajstić information content (AvgIpc) is 2.38. The van der Waals surface area contributed by atoms with Crippen LogP contribution in [-0.4, -0.2) is 22.9 Å². The first-order valence-corrected chi connectivity index (χ1v) is 6.46. The van der Waals surface area contributed by atoms with Crippen molar-refractivity contribution in [2.75, 3.05) is 17.7 Å². The lowest BCUT2D eigenvalue weighted by Gasteiger charge is -2.09. The number of hydrogen-bond donors (Lipinski definition) is 2. The molecule has 0 aliphatic heterocycles. The van der Waals surface area contributed by atoms with Crippen LogP contribution < -0.4 is 10.6 Å². The number of aromatic nitrogens is 2. The largest absolute Gasteiger partial charge is 0.372 e. The molecule has 0 unspecified atom stereocenters. The number of hydrogen-bond acceptors (Lipinski definition) is 4. The minimum atomic E-state index is -0.231. The number of nitrogens with zero attached hydrogens (tertiary/aromatic N) is 2. The SMILES string of the molecule is CNc1ncc(Br)cc1C(=O)Nc1cncc(C)c1. The Morgan fingerprint density at radius 3 is 2.74 bits per heavy atom. The number of nitrogens with one attached hydrogen (secondary N) is 2. The van der Waals surface area contributed by atoms with Gasteiger partial charge in [-0.1, -0.05) is 0 Å². The third-order valence-corrected chi connectivity index (χ3v) is 2.90. The van der Waals surface area contributed by atoms with Gasteiger partial charge in [0.1, 0.15) is 5.82 Å². The predicted octanol–water partition coefficient (Wildman–Crippen LogP) is 2.84. The molecule has 0 saturated carbocycles. The van der Waals surface area contributed by atoms with Gasteiger partial charge in [-0.25, -0.2) is 4.98 Å². The summed E-state index contributed by atoms with van der Waals surface area (Å²) < 4.78 is 0.749. The number of pyridine rings is 2. The van der Waals surface area contributed by atoms with Crippen LogP contribution in [0.25, 0.3) is 0 Å². The van der Waals surface area contributed by atoms with Gasteiger partial charge in [-0.15, -0.1) is 0 Å². The molecule has 0 radical (unpaired) electrons. The molecule has 0 aliphatic carbocycles. The highest BCUT2D eigenvalue weighted by Gasteiger charge is 2.13. The fourth-order valence-electron chi connectivity index (χ4n) is 1.63. The van der Waals surface area contributed by atoms with Crippen LogP contribution in [0.5, 0.6) is 0 Å². The normalized spacial score (nSPS) is 10.1. The van der Waals surface area contributed by atoms with Crippen LogP contribution in [0.1, 0.15) is 15.9 Å². The van der Waals surface area contributed by atoms with Crippen LogP contribution in [0, 0.1) is 6.92 Å². The Balaban J connectivity index is 2.27. The zero-order chi connectivity index (χ0) is 13.8. The summed E-state index contributed by atoms with van der Waals surface area (Å²) in [5.74, 6) is 0.298. The quantitative estimate of drug-likeness (QED) is 0.912. The summed E-state index contributed by atoms with van der Waals surface area (Å²) in [5.41, 5.74) is 2.12. The minimum absolute atomic E-state index is 0.231. The first-order valence-electron chi connectivity index (χ1n) is 5.66. The molecule has 0 aromatic carbocycles. The molecular weight excluding hydrogens is 308 g/mol.